The average Bonchev–Trinajstić information content (AvgIpc) is 2.40. The third kappa shape index (κ3) is 3.38. The SMILES string of the molecule is CCOc1ccccc1N1CCNCC1CC(=O)O. The Balaban J connectivity index is 2.23. The Morgan fingerprint density at radius 1 is 1.53 bits per heavy atom. The molecule has 5 nitrogen and oxygen atoms in total. The highest BCUT2D eigenvalue weighted by molar-refractivity contribution is 5.69. The van der Waals surface area contributed by atoms with Gasteiger partial charge in [0, 0.05) is 19.6 Å². The van der Waals surface area contributed by atoms with Crippen LogP contribution in [0.25, 0.3) is 0 Å². The van der Waals surface area contributed by atoms with Crippen molar-refractivity contribution in [2.75, 3.05) is 31.1 Å². The molecule has 0 amide bonds. The highest BCUT2D eigenvalue weighted by Crippen LogP contribution is 2.30. The minimum atomic E-state index is -0.771. The summed E-state index contributed by atoms with van der Waals surface area (Å²) in [7, 11) is 0. The number of ether oxygens (including phenoxy) is 1. The van der Waals surface area contributed by atoms with Gasteiger partial charge in [-0.15, -0.1) is 0 Å². The minimum Gasteiger partial charge on any atom is -0.492 e. The summed E-state index contributed by atoms with van der Waals surface area (Å²) in [6, 6.07) is 7.78. The van der Waals surface area contributed by atoms with E-state index in [1.807, 2.05) is 31.2 Å². The smallest absolute Gasteiger partial charge is 0.305 e. The number of nitrogens with one attached hydrogen (secondary N) is 1. The van der Waals surface area contributed by atoms with Gasteiger partial charge in [-0.05, 0) is 19.1 Å². The Morgan fingerprint density at radius 3 is 3.05 bits per heavy atom. The zero-order valence-electron chi connectivity index (χ0n) is 11.1. The molecule has 1 saturated heterocycles. The van der Waals surface area contributed by atoms with Crippen molar-refractivity contribution in [3.05, 3.63) is 24.3 Å². The van der Waals surface area contributed by atoms with Gasteiger partial charge in [0.1, 0.15) is 5.75 Å². The van der Waals surface area contributed by atoms with Crippen molar-refractivity contribution in [3.8, 4) is 5.75 Å². The van der Waals surface area contributed by atoms with Gasteiger partial charge in [0.15, 0.2) is 0 Å². The lowest BCUT2D eigenvalue weighted by Crippen LogP contribution is -2.52. The van der Waals surface area contributed by atoms with Crippen LogP contribution >= 0.6 is 0 Å². The van der Waals surface area contributed by atoms with Crippen molar-refractivity contribution in [3.63, 3.8) is 0 Å². The fourth-order valence-corrected chi connectivity index (χ4v) is 2.43. The molecular formula is C14H20N2O3. The normalized spacial score (nSPS) is 19.2. The molecule has 1 aliphatic rings. The van der Waals surface area contributed by atoms with Crippen LogP contribution in [0.15, 0.2) is 24.3 Å². The predicted molar refractivity (Wildman–Crippen MR) is 73.9 cm³/mol. The number of carboxylic acids is 1. The van der Waals surface area contributed by atoms with Crippen molar-refractivity contribution < 1.29 is 14.6 Å². The third-order valence-corrected chi connectivity index (χ3v) is 3.23. The molecule has 2 N–H and O–H groups in total. The molecule has 1 atom stereocenters. The zero-order valence-corrected chi connectivity index (χ0v) is 11.1. The number of rotatable bonds is 5. The Hall–Kier alpha value is -1.75. The molecule has 1 aromatic carbocycles. The molecule has 104 valence electrons. The van der Waals surface area contributed by atoms with E-state index in [2.05, 4.69) is 10.2 Å². The van der Waals surface area contributed by atoms with Crippen LogP contribution < -0.4 is 15.0 Å². The molecule has 0 bridgehead atoms. The molecule has 1 fully saturated rings. The molecule has 19 heavy (non-hydrogen) atoms. The summed E-state index contributed by atoms with van der Waals surface area (Å²) in [5.74, 6) is 0.0508. The van der Waals surface area contributed by atoms with Crippen molar-refractivity contribution in [2.45, 2.75) is 19.4 Å². The van der Waals surface area contributed by atoms with Gasteiger partial charge in [0.05, 0.1) is 24.8 Å². The third-order valence-electron chi connectivity index (χ3n) is 3.23. The second-order valence-electron chi connectivity index (χ2n) is 4.55. The Labute approximate surface area is 113 Å². The maximum absolute atomic E-state index is 11.0. The van der Waals surface area contributed by atoms with Crippen molar-refractivity contribution >= 4 is 11.7 Å². The van der Waals surface area contributed by atoms with Crippen LogP contribution in [0.1, 0.15) is 13.3 Å². The molecule has 0 saturated carbocycles. The standard InChI is InChI=1S/C14H20N2O3/c1-2-19-13-6-4-3-5-12(13)16-8-7-15-10-11(16)9-14(17)18/h3-6,11,15H,2,7-10H2,1H3,(H,17,18). The largest absolute Gasteiger partial charge is 0.492 e. The topological polar surface area (TPSA) is 61.8 Å². The average molecular weight is 264 g/mol. The molecule has 1 unspecified atom stereocenters. The molecular weight excluding hydrogens is 244 g/mol. The molecule has 0 aromatic heterocycles. The zero-order chi connectivity index (χ0) is 13.7. The molecule has 0 aliphatic carbocycles. The van der Waals surface area contributed by atoms with Crippen molar-refractivity contribution in [1.82, 2.24) is 5.32 Å². The summed E-state index contributed by atoms with van der Waals surface area (Å²) in [5.41, 5.74) is 0.983. The monoisotopic (exact) mass is 264 g/mol. The van der Waals surface area contributed by atoms with Crippen molar-refractivity contribution in [1.29, 1.82) is 0 Å². The molecule has 1 heterocycles. The number of aliphatic carboxylic acids is 1. The van der Waals surface area contributed by atoms with E-state index in [1.54, 1.807) is 0 Å². The Kier molecular flexibility index (Phi) is 4.63. The van der Waals surface area contributed by atoms with Crippen LogP contribution in [0.2, 0.25) is 0 Å². The van der Waals surface area contributed by atoms with Crippen LogP contribution in [0, 0.1) is 0 Å². The first kappa shape index (κ1) is 13.7. The van der Waals surface area contributed by atoms with Gasteiger partial charge in [0.2, 0.25) is 0 Å². The molecule has 1 aliphatic heterocycles. The van der Waals surface area contributed by atoms with Gasteiger partial charge >= 0.3 is 5.97 Å². The maximum Gasteiger partial charge on any atom is 0.305 e. The number of piperazine rings is 1. The van der Waals surface area contributed by atoms with E-state index in [0.717, 1.165) is 24.5 Å². The summed E-state index contributed by atoms with van der Waals surface area (Å²) < 4.78 is 5.63. The van der Waals surface area contributed by atoms with E-state index >= 15 is 0 Å². The lowest BCUT2D eigenvalue weighted by molar-refractivity contribution is -0.137. The Morgan fingerprint density at radius 2 is 2.32 bits per heavy atom. The number of benzene rings is 1. The quantitative estimate of drug-likeness (QED) is 0.840. The first-order valence-electron chi connectivity index (χ1n) is 6.63. The molecule has 1 aromatic rings. The first-order valence-corrected chi connectivity index (χ1v) is 6.63. The fraction of sp³-hybridized carbons (Fsp3) is 0.500. The van der Waals surface area contributed by atoms with Gasteiger partial charge in [0.25, 0.3) is 0 Å². The van der Waals surface area contributed by atoms with Crippen LogP contribution in [0.4, 0.5) is 5.69 Å². The number of nitrogens with zero attached hydrogens (tertiary/aromatic N) is 1. The van der Waals surface area contributed by atoms with Crippen LogP contribution in [0.5, 0.6) is 5.75 Å². The van der Waals surface area contributed by atoms with E-state index < -0.39 is 5.97 Å². The second kappa shape index (κ2) is 6.43. The van der Waals surface area contributed by atoms with Crippen LogP contribution in [0.3, 0.4) is 0 Å². The van der Waals surface area contributed by atoms with Gasteiger partial charge in [-0.2, -0.15) is 0 Å². The fourth-order valence-electron chi connectivity index (χ4n) is 2.43. The maximum atomic E-state index is 11.0. The molecule has 2 rings (SSSR count). The number of hydrogen-bond acceptors (Lipinski definition) is 4. The minimum absolute atomic E-state index is 0.0344. The van der Waals surface area contributed by atoms with Crippen molar-refractivity contribution in [2.24, 2.45) is 0 Å². The van der Waals surface area contributed by atoms with Crippen LogP contribution in [-0.4, -0.2) is 43.4 Å². The first-order chi connectivity index (χ1) is 9.22. The van der Waals surface area contributed by atoms with E-state index in [0.29, 0.717) is 13.2 Å². The van der Waals surface area contributed by atoms with Gasteiger partial charge < -0.3 is 20.1 Å². The number of carbonyl (C=O) groups is 1. The highest BCUT2D eigenvalue weighted by atomic mass is 16.5. The van der Waals surface area contributed by atoms with E-state index in [4.69, 9.17) is 9.84 Å². The van der Waals surface area contributed by atoms with E-state index in [-0.39, 0.29) is 12.5 Å². The summed E-state index contributed by atoms with van der Waals surface area (Å²) >= 11 is 0. The molecule has 0 radical (unpaired) electrons. The van der Waals surface area contributed by atoms with Gasteiger partial charge in [-0.1, -0.05) is 12.1 Å². The number of carboxylic acid groups (broad SMARTS) is 1. The number of anilines is 1. The Bertz CT molecular complexity index is 436. The summed E-state index contributed by atoms with van der Waals surface area (Å²) in [4.78, 5) is 13.1. The predicted octanol–water partition coefficient (Wildman–Crippen LogP) is 1.34. The molecule has 5 heteroatoms. The van der Waals surface area contributed by atoms with Gasteiger partial charge in [-0.25, -0.2) is 0 Å². The summed E-state index contributed by atoms with van der Waals surface area (Å²) in [6.45, 7) is 4.89. The number of hydrogen-bond donors (Lipinski definition) is 2. The van der Waals surface area contributed by atoms with Gasteiger partial charge in [-0.3, -0.25) is 4.79 Å². The molecule has 0 spiro atoms. The van der Waals surface area contributed by atoms with E-state index in [9.17, 15) is 4.79 Å². The van der Waals surface area contributed by atoms with E-state index in [1.165, 1.54) is 0 Å². The summed E-state index contributed by atoms with van der Waals surface area (Å²) in [6.07, 6.45) is 0.132. The number of para-hydroxylation sites is 2. The lowest BCUT2D eigenvalue weighted by atomic mass is 10.1. The lowest BCUT2D eigenvalue weighted by Gasteiger charge is -2.38. The van der Waals surface area contributed by atoms with Crippen LogP contribution in [-0.2, 0) is 4.79 Å². The second-order valence-corrected chi connectivity index (χ2v) is 4.55. The summed E-state index contributed by atoms with van der Waals surface area (Å²) in [5, 5.41) is 12.3. The highest BCUT2D eigenvalue weighted by Gasteiger charge is 2.26.